The molecule has 0 amide bonds. The van der Waals surface area contributed by atoms with E-state index in [1.165, 1.54) is 0 Å². The lowest BCUT2D eigenvalue weighted by Crippen LogP contribution is -2.29. The maximum absolute atomic E-state index is 12.3. The molecule has 2 heterocycles. The number of esters is 2. The van der Waals surface area contributed by atoms with Gasteiger partial charge in [0.15, 0.2) is 0 Å². The van der Waals surface area contributed by atoms with Crippen molar-refractivity contribution in [3.05, 3.63) is 0 Å². The largest absolute Gasteiger partial charge is 0.465 e. The van der Waals surface area contributed by atoms with Gasteiger partial charge in [0.2, 0.25) is 0 Å². The third-order valence-electron chi connectivity index (χ3n) is 7.56. The Labute approximate surface area is 166 Å². The van der Waals surface area contributed by atoms with Crippen LogP contribution in [0.3, 0.4) is 0 Å². The summed E-state index contributed by atoms with van der Waals surface area (Å²) in [5.74, 6) is 0.920. The fraction of sp³-hybridized carbons (Fsp3) is 0.909. The first-order chi connectivity index (χ1) is 13.7. The number of carbonyl (C=O) groups excluding carboxylic acids is 2. The van der Waals surface area contributed by atoms with E-state index in [4.69, 9.17) is 18.9 Å². The summed E-state index contributed by atoms with van der Waals surface area (Å²) in [6.07, 6.45) is 11.2. The maximum atomic E-state index is 12.3. The fourth-order valence-corrected chi connectivity index (χ4v) is 5.44. The summed E-state index contributed by atoms with van der Waals surface area (Å²) in [5, 5.41) is 0. The number of fused-ring (bicyclic) bond motifs is 2. The minimum Gasteiger partial charge on any atom is -0.465 e. The van der Waals surface area contributed by atoms with Crippen LogP contribution in [-0.2, 0) is 28.5 Å². The molecule has 0 unspecified atom stereocenters. The number of carbonyl (C=O) groups is 2. The monoisotopic (exact) mass is 392 g/mol. The lowest BCUT2D eigenvalue weighted by Gasteiger charge is -2.29. The van der Waals surface area contributed by atoms with Gasteiger partial charge in [0.05, 0.1) is 49.5 Å². The van der Waals surface area contributed by atoms with Crippen LogP contribution in [0, 0.1) is 23.7 Å². The van der Waals surface area contributed by atoms with Gasteiger partial charge in [-0.15, -0.1) is 0 Å². The van der Waals surface area contributed by atoms with Gasteiger partial charge in [0.1, 0.15) is 0 Å². The molecule has 28 heavy (non-hydrogen) atoms. The second kappa shape index (κ2) is 7.94. The molecule has 2 aliphatic heterocycles. The summed E-state index contributed by atoms with van der Waals surface area (Å²) in [4.78, 5) is 24.6. The Hall–Kier alpha value is -1.14. The van der Waals surface area contributed by atoms with Gasteiger partial charge in [0, 0.05) is 0 Å². The van der Waals surface area contributed by atoms with Crippen LogP contribution in [0.1, 0.15) is 64.2 Å². The normalized spacial score (nSPS) is 44.0. The van der Waals surface area contributed by atoms with E-state index in [0.717, 1.165) is 64.2 Å². The van der Waals surface area contributed by atoms with E-state index in [0.29, 0.717) is 49.5 Å². The van der Waals surface area contributed by atoms with E-state index in [2.05, 4.69) is 0 Å². The van der Waals surface area contributed by atoms with Gasteiger partial charge in [-0.3, -0.25) is 9.59 Å². The van der Waals surface area contributed by atoms with Gasteiger partial charge >= 0.3 is 11.9 Å². The van der Waals surface area contributed by atoms with Crippen LogP contribution in [-0.4, -0.2) is 49.6 Å². The zero-order valence-corrected chi connectivity index (χ0v) is 16.6. The first-order valence-electron chi connectivity index (χ1n) is 11.3. The Morgan fingerprint density at radius 2 is 1.04 bits per heavy atom. The zero-order valence-electron chi connectivity index (χ0n) is 16.6. The van der Waals surface area contributed by atoms with Crippen molar-refractivity contribution < 1.29 is 28.5 Å². The molecule has 3 saturated carbocycles. The van der Waals surface area contributed by atoms with E-state index < -0.39 is 0 Å². The van der Waals surface area contributed by atoms with Gasteiger partial charge < -0.3 is 18.9 Å². The quantitative estimate of drug-likeness (QED) is 0.511. The van der Waals surface area contributed by atoms with Crippen LogP contribution >= 0.6 is 0 Å². The number of hydrogen-bond acceptors (Lipinski definition) is 6. The highest BCUT2D eigenvalue weighted by Gasteiger charge is 2.47. The fourth-order valence-electron chi connectivity index (χ4n) is 5.44. The topological polar surface area (TPSA) is 77.7 Å². The molecule has 0 spiro atoms. The molecule has 156 valence electrons. The average Bonchev–Trinajstić information content (AvgIpc) is 3.63. The second-order valence-electron chi connectivity index (χ2n) is 9.59. The molecule has 0 N–H and O–H groups in total. The third kappa shape index (κ3) is 4.38. The van der Waals surface area contributed by atoms with Crippen molar-refractivity contribution in [3.8, 4) is 0 Å². The van der Waals surface area contributed by atoms with Crippen LogP contribution in [0.4, 0.5) is 0 Å². The minimum absolute atomic E-state index is 0.0284. The van der Waals surface area contributed by atoms with Crippen molar-refractivity contribution in [1.82, 2.24) is 0 Å². The average molecular weight is 392 g/mol. The Balaban J connectivity index is 0.961. The van der Waals surface area contributed by atoms with Crippen LogP contribution in [0.2, 0.25) is 0 Å². The first-order valence-corrected chi connectivity index (χ1v) is 11.3. The van der Waals surface area contributed by atoms with Gasteiger partial charge in [0.25, 0.3) is 0 Å². The highest BCUT2D eigenvalue weighted by Crippen LogP contribution is 2.41. The molecule has 0 radical (unpaired) electrons. The van der Waals surface area contributed by atoms with Gasteiger partial charge in [-0.05, 0) is 76.0 Å². The van der Waals surface area contributed by atoms with Crippen LogP contribution in [0.15, 0.2) is 0 Å². The summed E-state index contributed by atoms with van der Waals surface area (Å²) >= 11 is 0. The van der Waals surface area contributed by atoms with Crippen LogP contribution in [0.25, 0.3) is 0 Å². The summed E-state index contributed by atoms with van der Waals surface area (Å²) < 4.78 is 22.2. The number of rotatable bonds is 6. The molecule has 0 aromatic heterocycles. The van der Waals surface area contributed by atoms with E-state index in [1.807, 2.05) is 0 Å². The molecule has 5 aliphatic rings. The van der Waals surface area contributed by atoms with Crippen molar-refractivity contribution >= 4 is 11.9 Å². The van der Waals surface area contributed by atoms with Crippen molar-refractivity contribution in [1.29, 1.82) is 0 Å². The maximum Gasteiger partial charge on any atom is 0.309 e. The van der Waals surface area contributed by atoms with E-state index in [1.54, 1.807) is 0 Å². The van der Waals surface area contributed by atoms with Crippen molar-refractivity contribution in [3.63, 3.8) is 0 Å². The molecule has 5 rings (SSSR count). The van der Waals surface area contributed by atoms with E-state index >= 15 is 0 Å². The third-order valence-corrected chi connectivity index (χ3v) is 7.56. The molecule has 0 aromatic rings. The van der Waals surface area contributed by atoms with E-state index in [9.17, 15) is 9.59 Å². The van der Waals surface area contributed by atoms with Crippen LogP contribution < -0.4 is 0 Å². The van der Waals surface area contributed by atoms with Gasteiger partial charge in [-0.1, -0.05) is 0 Å². The number of hydrogen-bond donors (Lipinski definition) is 0. The summed E-state index contributed by atoms with van der Waals surface area (Å²) in [6, 6.07) is 0. The van der Waals surface area contributed by atoms with E-state index in [-0.39, 0.29) is 23.8 Å². The Bertz CT molecular complexity index is 546. The number of epoxide rings is 2. The highest BCUT2D eigenvalue weighted by molar-refractivity contribution is 5.73. The van der Waals surface area contributed by atoms with Gasteiger partial charge in [-0.2, -0.15) is 0 Å². The van der Waals surface area contributed by atoms with Gasteiger partial charge in [-0.25, -0.2) is 0 Å². The molecule has 6 atom stereocenters. The second-order valence-corrected chi connectivity index (χ2v) is 9.59. The van der Waals surface area contributed by atoms with Crippen molar-refractivity contribution in [2.45, 2.75) is 88.6 Å². The predicted molar refractivity (Wildman–Crippen MR) is 99.4 cm³/mol. The molecular weight excluding hydrogens is 360 g/mol. The van der Waals surface area contributed by atoms with Crippen molar-refractivity contribution in [2.75, 3.05) is 13.2 Å². The Morgan fingerprint density at radius 3 is 1.43 bits per heavy atom. The molecule has 0 aromatic carbocycles. The summed E-state index contributed by atoms with van der Waals surface area (Å²) in [5.41, 5.74) is 0. The van der Waals surface area contributed by atoms with Crippen LogP contribution in [0.5, 0.6) is 0 Å². The SMILES string of the molecule is O=C(OCC1CCC(COC(=O)[C@@H]2CC[C@@H]3O[C@@H]3C2)CC1)[C@@H]1CC[C@@H]2O[C@H]2C1. The molecule has 3 aliphatic carbocycles. The molecule has 6 heteroatoms. The predicted octanol–water partition coefficient (Wildman–Crippen LogP) is 3.01. The lowest BCUT2D eigenvalue weighted by molar-refractivity contribution is -0.153. The first kappa shape index (κ1) is 18.9. The summed E-state index contributed by atoms with van der Waals surface area (Å²) in [6.45, 7) is 1.09. The standard InChI is InChI=1S/C22H32O6/c23-21(15-5-7-17-19(9-15)27-17)25-11-13-1-2-14(4-3-13)12-26-22(24)16-6-8-18-20(10-16)28-18/h13-20H,1-12H2/t13?,14?,15-,16-,17+,18+,19-,20+/m1/s1. The van der Waals surface area contributed by atoms with Crippen molar-refractivity contribution in [2.24, 2.45) is 23.7 Å². The number of ether oxygens (including phenoxy) is 4. The summed E-state index contributed by atoms with van der Waals surface area (Å²) in [7, 11) is 0. The minimum atomic E-state index is -0.0284. The molecule has 2 saturated heterocycles. The Kier molecular flexibility index (Phi) is 5.35. The molecule has 0 bridgehead atoms. The Morgan fingerprint density at radius 1 is 0.607 bits per heavy atom. The zero-order chi connectivity index (χ0) is 19.1. The lowest BCUT2D eigenvalue weighted by atomic mass is 9.82. The highest BCUT2D eigenvalue weighted by atomic mass is 16.6. The smallest absolute Gasteiger partial charge is 0.309 e. The molecule has 5 fully saturated rings. The molecule has 6 nitrogen and oxygen atoms in total. The molecular formula is C22H32O6.